The highest BCUT2D eigenvalue weighted by atomic mass is 79.9. The fourth-order valence-electron chi connectivity index (χ4n) is 3.94. The maximum atomic E-state index is 13.8. The first-order valence-corrected chi connectivity index (χ1v) is 11.9. The molecule has 2 atom stereocenters. The second-order valence-electron chi connectivity index (χ2n) is 7.68. The topological polar surface area (TPSA) is 72.6 Å². The molecule has 0 bridgehead atoms. The molecule has 2 aromatic rings. The van der Waals surface area contributed by atoms with Crippen LogP contribution >= 0.6 is 27.3 Å². The molecule has 1 amide bonds. The van der Waals surface area contributed by atoms with Crippen LogP contribution in [0.3, 0.4) is 0 Å². The van der Waals surface area contributed by atoms with E-state index in [0.717, 1.165) is 48.8 Å². The summed E-state index contributed by atoms with van der Waals surface area (Å²) in [7, 11) is 0. The number of amides is 1. The minimum atomic E-state index is -4.48. The molecule has 1 saturated heterocycles. The third kappa shape index (κ3) is 5.07. The van der Waals surface area contributed by atoms with E-state index >= 15 is 0 Å². The van der Waals surface area contributed by atoms with E-state index in [9.17, 15) is 18.0 Å². The minimum absolute atomic E-state index is 0.0395. The molecular formula is C19H24BrF3N5O2S+. The first-order valence-electron chi connectivity index (χ1n) is 10.2. The Morgan fingerprint density at radius 1 is 1.42 bits per heavy atom. The molecule has 2 aliphatic rings. The van der Waals surface area contributed by atoms with Crippen molar-refractivity contribution in [2.75, 3.05) is 44.7 Å². The molecule has 0 saturated carbocycles. The number of fused-ring (bicyclic) bond motifs is 1. The van der Waals surface area contributed by atoms with E-state index in [4.69, 9.17) is 4.74 Å². The second-order valence-corrected chi connectivity index (χ2v) is 9.46. The lowest BCUT2D eigenvalue weighted by atomic mass is 10.0. The van der Waals surface area contributed by atoms with Gasteiger partial charge in [0.2, 0.25) is 0 Å². The Labute approximate surface area is 190 Å². The summed E-state index contributed by atoms with van der Waals surface area (Å²) in [5.41, 5.74) is -0.0395. The maximum absolute atomic E-state index is 13.8. The molecule has 7 nitrogen and oxygen atoms in total. The summed E-state index contributed by atoms with van der Waals surface area (Å²) in [6.45, 7) is 4.73. The SMILES string of the molecule is O=C(NCCC[NH+]1CCOCC1)c1nn2c(c1Br)N[C@@H](c1cccs1)C[C@H]2C(F)(F)F. The number of alkyl halides is 3. The Kier molecular flexibility index (Phi) is 6.89. The standard InChI is InChI=1S/C19H23BrF3N5O2S/c20-15-16(18(29)24-4-2-5-27-6-8-30-9-7-27)26-28-14(19(21,22)23)11-12(25-17(15)28)13-3-1-10-31-13/h1,3,10,12,14,25H,2,4-9,11H2,(H,24,29)/p+1/t12-,14+/m1/s1. The lowest BCUT2D eigenvalue weighted by Crippen LogP contribution is -3.14. The number of morpholine rings is 1. The van der Waals surface area contributed by atoms with Gasteiger partial charge in [-0.15, -0.1) is 11.3 Å². The third-order valence-electron chi connectivity index (χ3n) is 5.59. The van der Waals surface area contributed by atoms with Gasteiger partial charge >= 0.3 is 6.18 Å². The lowest BCUT2D eigenvalue weighted by molar-refractivity contribution is -0.908. The Balaban J connectivity index is 1.45. The van der Waals surface area contributed by atoms with Crippen LogP contribution in [0.25, 0.3) is 0 Å². The van der Waals surface area contributed by atoms with Crippen LogP contribution in [0.2, 0.25) is 0 Å². The van der Waals surface area contributed by atoms with E-state index in [1.165, 1.54) is 16.2 Å². The lowest BCUT2D eigenvalue weighted by Gasteiger charge is -2.33. The molecule has 2 aromatic heterocycles. The zero-order chi connectivity index (χ0) is 22.0. The van der Waals surface area contributed by atoms with Gasteiger partial charge in [0.25, 0.3) is 5.91 Å². The van der Waals surface area contributed by atoms with Crippen LogP contribution in [0.1, 0.15) is 40.3 Å². The molecule has 4 heterocycles. The zero-order valence-corrected chi connectivity index (χ0v) is 19.1. The van der Waals surface area contributed by atoms with Crippen LogP contribution in [-0.2, 0) is 4.74 Å². The van der Waals surface area contributed by atoms with E-state index in [2.05, 4.69) is 31.7 Å². The van der Waals surface area contributed by atoms with Crippen LogP contribution in [0.4, 0.5) is 19.0 Å². The van der Waals surface area contributed by atoms with E-state index < -0.39 is 24.2 Å². The number of carbonyl (C=O) groups excluding carboxylic acids is 1. The number of hydrogen-bond acceptors (Lipinski definition) is 5. The summed E-state index contributed by atoms with van der Waals surface area (Å²) >= 11 is 4.70. The van der Waals surface area contributed by atoms with E-state index in [1.807, 2.05) is 11.4 Å². The molecule has 3 N–H and O–H groups in total. The van der Waals surface area contributed by atoms with Gasteiger partial charge in [0.1, 0.15) is 18.9 Å². The molecule has 2 aliphatic heterocycles. The van der Waals surface area contributed by atoms with Gasteiger partial charge in [0.05, 0.1) is 30.3 Å². The van der Waals surface area contributed by atoms with Gasteiger partial charge in [-0.05, 0) is 27.4 Å². The summed E-state index contributed by atoms with van der Waals surface area (Å²) in [6, 6.07) is 1.31. The number of ether oxygens (including phenoxy) is 1. The highest BCUT2D eigenvalue weighted by Gasteiger charge is 2.48. The molecule has 4 rings (SSSR count). The largest absolute Gasteiger partial charge is 0.410 e. The first-order chi connectivity index (χ1) is 14.8. The quantitative estimate of drug-likeness (QED) is 0.509. The van der Waals surface area contributed by atoms with Crippen molar-refractivity contribution in [1.29, 1.82) is 0 Å². The van der Waals surface area contributed by atoms with Gasteiger partial charge in [-0.3, -0.25) is 4.79 Å². The molecule has 0 radical (unpaired) electrons. The molecule has 0 aromatic carbocycles. The normalized spacial score (nSPS) is 22.1. The number of rotatable bonds is 6. The average Bonchev–Trinajstić information content (AvgIpc) is 3.39. The molecule has 0 unspecified atom stereocenters. The monoisotopic (exact) mass is 522 g/mol. The fraction of sp³-hybridized carbons (Fsp3) is 0.579. The van der Waals surface area contributed by atoms with Gasteiger partial charge in [-0.2, -0.15) is 18.3 Å². The number of anilines is 1. The highest BCUT2D eigenvalue weighted by Crippen LogP contribution is 2.46. The van der Waals surface area contributed by atoms with E-state index in [0.29, 0.717) is 6.54 Å². The summed E-state index contributed by atoms with van der Waals surface area (Å²) < 4.78 is 47.8. The van der Waals surface area contributed by atoms with Crippen LogP contribution in [0.15, 0.2) is 22.0 Å². The van der Waals surface area contributed by atoms with Gasteiger partial charge in [-0.25, -0.2) is 4.68 Å². The van der Waals surface area contributed by atoms with E-state index in [1.54, 1.807) is 6.07 Å². The van der Waals surface area contributed by atoms with E-state index in [-0.39, 0.29) is 22.4 Å². The second kappa shape index (κ2) is 9.47. The van der Waals surface area contributed by atoms with Crippen LogP contribution < -0.4 is 15.5 Å². The van der Waals surface area contributed by atoms with Crippen molar-refractivity contribution >= 4 is 39.0 Å². The number of halogens is 4. The number of nitrogens with zero attached hydrogens (tertiary/aromatic N) is 2. The Bertz CT molecular complexity index is 899. The van der Waals surface area contributed by atoms with Gasteiger partial charge in [0, 0.05) is 24.3 Å². The summed E-state index contributed by atoms with van der Waals surface area (Å²) in [5, 5.41) is 11.8. The van der Waals surface area contributed by atoms with Crippen molar-refractivity contribution in [1.82, 2.24) is 15.1 Å². The number of thiophene rings is 1. The maximum Gasteiger partial charge on any atom is 0.410 e. The predicted octanol–water partition coefficient (Wildman–Crippen LogP) is 2.40. The number of nitrogens with one attached hydrogen (secondary N) is 3. The number of hydrogen-bond donors (Lipinski definition) is 3. The summed E-state index contributed by atoms with van der Waals surface area (Å²) in [6.07, 6.45) is -3.89. The van der Waals surface area contributed by atoms with Crippen LogP contribution in [0, 0.1) is 0 Å². The average molecular weight is 523 g/mol. The van der Waals surface area contributed by atoms with Crippen LogP contribution in [-0.4, -0.2) is 61.3 Å². The zero-order valence-electron chi connectivity index (χ0n) is 16.7. The Morgan fingerprint density at radius 3 is 2.87 bits per heavy atom. The minimum Gasteiger partial charge on any atom is -0.370 e. The third-order valence-corrected chi connectivity index (χ3v) is 7.33. The smallest absolute Gasteiger partial charge is 0.370 e. The Hall–Kier alpha value is -1.63. The van der Waals surface area contributed by atoms with Crippen molar-refractivity contribution in [2.45, 2.75) is 31.1 Å². The van der Waals surface area contributed by atoms with Crippen molar-refractivity contribution in [3.8, 4) is 0 Å². The number of aromatic nitrogens is 2. The fourth-order valence-corrected chi connectivity index (χ4v) is 5.29. The predicted molar refractivity (Wildman–Crippen MR) is 114 cm³/mol. The van der Waals surface area contributed by atoms with Gasteiger partial charge in [-0.1, -0.05) is 6.07 Å². The molecule has 0 aliphatic carbocycles. The molecule has 0 spiro atoms. The summed E-state index contributed by atoms with van der Waals surface area (Å²) in [4.78, 5) is 14.9. The van der Waals surface area contributed by atoms with Crippen LogP contribution in [0.5, 0.6) is 0 Å². The van der Waals surface area contributed by atoms with Crippen molar-refractivity contribution in [2.24, 2.45) is 0 Å². The first kappa shape index (κ1) is 22.6. The summed E-state index contributed by atoms with van der Waals surface area (Å²) in [5.74, 6) is -0.309. The highest BCUT2D eigenvalue weighted by molar-refractivity contribution is 9.10. The van der Waals surface area contributed by atoms with Crippen molar-refractivity contribution < 1.29 is 27.6 Å². The van der Waals surface area contributed by atoms with Gasteiger partial charge in [0.15, 0.2) is 11.7 Å². The molecule has 31 heavy (non-hydrogen) atoms. The molecule has 1 fully saturated rings. The Morgan fingerprint density at radius 2 is 2.19 bits per heavy atom. The van der Waals surface area contributed by atoms with Crippen molar-refractivity contribution in [3.63, 3.8) is 0 Å². The molecule has 12 heteroatoms. The van der Waals surface area contributed by atoms with Gasteiger partial charge < -0.3 is 20.3 Å². The molecule has 170 valence electrons. The molecular weight excluding hydrogens is 499 g/mol. The number of carbonyl (C=O) groups is 1. The number of quaternary nitrogens is 1. The van der Waals surface area contributed by atoms with Crippen molar-refractivity contribution in [3.05, 3.63) is 32.6 Å².